The van der Waals surface area contributed by atoms with Crippen LogP contribution in [0.3, 0.4) is 0 Å². The van der Waals surface area contributed by atoms with E-state index in [0.29, 0.717) is 11.7 Å². The molecule has 3 aromatic heterocycles. The summed E-state index contributed by atoms with van der Waals surface area (Å²) in [7, 11) is 0. The first-order valence-electron chi connectivity index (χ1n) is 13.6. The first kappa shape index (κ1) is 35.1. The molecule has 15 heteroatoms. The van der Waals surface area contributed by atoms with Crippen molar-refractivity contribution in [3.05, 3.63) is 58.8 Å². The number of aliphatic hydroxyl groups is 1. The molecule has 234 valence electrons. The van der Waals surface area contributed by atoms with E-state index in [9.17, 15) is 13.6 Å². The van der Waals surface area contributed by atoms with Gasteiger partial charge in [0.1, 0.15) is 23.1 Å². The number of aromatic nitrogens is 4. The molecule has 0 bridgehead atoms. The molecule has 5 N–H and O–H groups in total. The lowest BCUT2D eigenvalue weighted by atomic mass is 9.96. The fraction of sp³-hybridized carbons (Fsp3) is 0.429. The molecule has 1 aliphatic carbocycles. The smallest absolute Gasteiger partial charge is 0.290 e. The van der Waals surface area contributed by atoms with E-state index in [1.165, 1.54) is 17.6 Å². The first-order valence-corrected chi connectivity index (χ1v) is 14.5. The van der Waals surface area contributed by atoms with Crippen molar-refractivity contribution < 1.29 is 33.3 Å². The molecule has 43 heavy (non-hydrogen) atoms. The molecule has 1 aliphatic rings. The van der Waals surface area contributed by atoms with Crippen molar-refractivity contribution in [3.8, 4) is 10.6 Å². The number of carboxylic acid groups (broad SMARTS) is 1. The molecule has 0 aliphatic heterocycles. The van der Waals surface area contributed by atoms with Crippen molar-refractivity contribution in [2.24, 2.45) is 10.7 Å². The Labute approximate surface area is 252 Å². The van der Waals surface area contributed by atoms with Crippen LogP contribution in [0.4, 0.5) is 8.78 Å². The van der Waals surface area contributed by atoms with Crippen LogP contribution in [-0.2, 0) is 16.3 Å². The lowest BCUT2D eigenvalue weighted by Crippen LogP contribution is -2.27. The van der Waals surface area contributed by atoms with E-state index in [1.807, 2.05) is 13.8 Å². The fourth-order valence-corrected chi connectivity index (χ4v) is 4.56. The van der Waals surface area contributed by atoms with E-state index in [0.717, 1.165) is 49.8 Å². The van der Waals surface area contributed by atoms with Crippen molar-refractivity contribution in [3.63, 3.8) is 0 Å². The van der Waals surface area contributed by atoms with Crippen LogP contribution in [0, 0.1) is 11.8 Å². The quantitative estimate of drug-likeness (QED) is 0.155. The maximum atomic E-state index is 14.4. The lowest BCUT2D eigenvalue weighted by Gasteiger charge is -2.18. The summed E-state index contributed by atoms with van der Waals surface area (Å²) < 4.78 is 35.3. The summed E-state index contributed by atoms with van der Waals surface area (Å²) in [5.41, 5.74) is 6.43. The van der Waals surface area contributed by atoms with Gasteiger partial charge in [0.25, 0.3) is 12.4 Å². The molecule has 4 rings (SSSR count). The third-order valence-corrected chi connectivity index (χ3v) is 6.64. The van der Waals surface area contributed by atoms with Crippen LogP contribution in [-0.4, -0.2) is 67.3 Å². The number of nitrogens with one attached hydrogen (secondary N) is 1. The molecule has 12 nitrogen and oxygen atoms in total. The van der Waals surface area contributed by atoms with Crippen LogP contribution in [0.5, 0.6) is 0 Å². The van der Waals surface area contributed by atoms with Gasteiger partial charge in [-0.3, -0.25) is 14.6 Å². The van der Waals surface area contributed by atoms with Crippen LogP contribution in [0.2, 0.25) is 0 Å². The van der Waals surface area contributed by atoms with Crippen molar-refractivity contribution in [2.45, 2.75) is 71.8 Å². The summed E-state index contributed by atoms with van der Waals surface area (Å²) in [5.74, 6) is -2.27. The summed E-state index contributed by atoms with van der Waals surface area (Å²) in [6.07, 6.45) is 9.99. The van der Waals surface area contributed by atoms with Gasteiger partial charge in [-0.05, 0) is 45.7 Å². The highest BCUT2D eigenvalue weighted by Gasteiger charge is 2.19. The summed E-state index contributed by atoms with van der Waals surface area (Å²) in [6.45, 7) is 5.85. The summed E-state index contributed by atoms with van der Waals surface area (Å²) in [6, 6.07) is 1.90. The largest absolute Gasteiger partial charge is 0.483 e. The summed E-state index contributed by atoms with van der Waals surface area (Å²) in [5, 5.41) is 23.6. The summed E-state index contributed by atoms with van der Waals surface area (Å²) in [4.78, 5) is 34.0. The Balaban J connectivity index is 0.000000992. The van der Waals surface area contributed by atoms with Crippen LogP contribution >= 0.6 is 11.3 Å². The van der Waals surface area contributed by atoms with Crippen LogP contribution in [0.1, 0.15) is 69.1 Å². The Morgan fingerprint density at radius 1 is 1.28 bits per heavy atom. The Hall–Kier alpha value is -4.08. The second kappa shape index (κ2) is 18.5. The zero-order valence-electron chi connectivity index (χ0n) is 24.2. The minimum Gasteiger partial charge on any atom is -0.483 e. The predicted molar refractivity (Wildman–Crippen MR) is 159 cm³/mol. The van der Waals surface area contributed by atoms with E-state index in [-0.39, 0.29) is 42.3 Å². The van der Waals surface area contributed by atoms with Gasteiger partial charge < -0.3 is 26.0 Å². The van der Waals surface area contributed by atoms with Crippen LogP contribution in [0.25, 0.3) is 16.3 Å². The lowest BCUT2D eigenvalue weighted by molar-refractivity contribution is -0.122. The molecule has 1 fully saturated rings. The summed E-state index contributed by atoms with van der Waals surface area (Å²) >= 11 is 1.27. The van der Waals surface area contributed by atoms with Crippen molar-refractivity contribution >= 4 is 35.6 Å². The van der Waals surface area contributed by atoms with Crippen LogP contribution in [0.15, 0.2) is 40.6 Å². The van der Waals surface area contributed by atoms with Gasteiger partial charge in [-0.15, -0.1) is 11.3 Å². The van der Waals surface area contributed by atoms with Gasteiger partial charge in [-0.2, -0.15) is 9.49 Å². The number of aliphatic imine (C=N–C) groups is 1. The Kier molecular flexibility index (Phi) is 15.1. The highest BCUT2D eigenvalue weighted by Crippen LogP contribution is 2.24. The number of amides is 1. The van der Waals surface area contributed by atoms with Gasteiger partial charge in [-0.1, -0.05) is 19.3 Å². The topological polar surface area (TPSA) is 178 Å². The number of rotatable bonds is 9. The molecule has 3 heterocycles. The van der Waals surface area contributed by atoms with E-state index < -0.39 is 23.4 Å². The van der Waals surface area contributed by atoms with E-state index in [1.54, 1.807) is 29.4 Å². The van der Waals surface area contributed by atoms with Gasteiger partial charge >= 0.3 is 0 Å². The van der Waals surface area contributed by atoms with E-state index in [4.69, 9.17) is 25.5 Å². The molecule has 1 saturated carbocycles. The number of aliphatic hydroxyl groups excluding tert-OH is 1. The second-order valence-corrected chi connectivity index (χ2v) is 10.2. The number of carbonyl (C=O) groups is 2. The molecule has 0 aromatic carbocycles. The monoisotopic (exact) mass is 621 g/mol. The van der Waals surface area contributed by atoms with Gasteiger partial charge in [0.15, 0.2) is 5.82 Å². The van der Waals surface area contributed by atoms with Crippen LogP contribution < -0.4 is 11.1 Å². The minimum absolute atomic E-state index is 0.0285. The molecular weight excluding hydrogens is 584 g/mol. The van der Waals surface area contributed by atoms with Crippen molar-refractivity contribution in [1.82, 2.24) is 25.1 Å². The highest BCUT2D eigenvalue weighted by atomic mass is 32.1. The predicted octanol–water partition coefficient (Wildman–Crippen LogP) is 4.22. The Morgan fingerprint density at radius 3 is 2.60 bits per heavy atom. The minimum atomic E-state index is -0.891. The third-order valence-electron chi connectivity index (χ3n) is 5.75. The normalized spacial score (nSPS) is 13.9. The molecule has 0 unspecified atom stereocenters. The number of thiazole rings is 1. The molecule has 3 aromatic rings. The zero-order valence-corrected chi connectivity index (χ0v) is 25.1. The average molecular weight is 622 g/mol. The molecular formula is C28H37F2N7O5S. The van der Waals surface area contributed by atoms with E-state index >= 15 is 0 Å². The third kappa shape index (κ3) is 11.6. The van der Waals surface area contributed by atoms with Gasteiger partial charge in [0.2, 0.25) is 5.95 Å². The van der Waals surface area contributed by atoms with Gasteiger partial charge in [0.05, 0.1) is 29.7 Å². The maximum absolute atomic E-state index is 14.4. The number of nitrogens with zero attached hydrogens (tertiary/aromatic N) is 5. The number of nitrogens with two attached hydrogens (primary N) is 1. The number of pyridine rings is 1. The van der Waals surface area contributed by atoms with Gasteiger partial charge in [-0.25, -0.2) is 19.0 Å². The van der Waals surface area contributed by atoms with Gasteiger partial charge in [0, 0.05) is 30.0 Å². The number of allylic oxidation sites excluding steroid dienone is 1. The van der Waals surface area contributed by atoms with E-state index in [2.05, 4.69) is 25.4 Å². The average Bonchev–Trinajstić information content (AvgIpc) is 3.67. The molecule has 1 amide bonds. The fourth-order valence-electron chi connectivity index (χ4n) is 3.78. The number of hydrogen-bond donors (Lipinski definition) is 4. The molecule has 0 saturated heterocycles. The Bertz CT molecular complexity index is 1370. The number of ether oxygens (including phenoxy) is 1. The van der Waals surface area contributed by atoms with Crippen molar-refractivity contribution in [2.75, 3.05) is 6.61 Å². The number of hydrogen-bond acceptors (Lipinski definition) is 10. The maximum Gasteiger partial charge on any atom is 0.290 e. The Morgan fingerprint density at radius 2 is 1.95 bits per heavy atom. The SMILES string of the molecule is CC(C)OCn1cc(-c2nc(C(=O)N/C(C=NC3CCCCC3)=C(/N)c3nc(F)ccc3F)cs2)cn1.CCO.O=CO. The zero-order chi connectivity index (χ0) is 31.8. The second-order valence-electron chi connectivity index (χ2n) is 9.39. The molecule has 0 radical (unpaired) electrons. The molecule has 0 atom stereocenters. The number of carbonyl (C=O) groups excluding carboxylic acids is 1. The molecule has 0 spiro atoms. The first-order chi connectivity index (χ1) is 20.6. The highest BCUT2D eigenvalue weighted by molar-refractivity contribution is 7.13. The number of halogens is 2. The van der Waals surface area contributed by atoms with Crippen molar-refractivity contribution in [1.29, 1.82) is 0 Å². The standard InChI is InChI=1S/C25H29F2N7O2S.C2H6O.CH2O2/c1-15(2)36-14-34-12-16(10-30-34)25-32-20(13-37-25)24(35)31-19(11-29-17-6-4-3-5-7-17)22(28)23-18(26)8-9-21(27)33-23;1-2-3;2-1-3/h8-13,15,17H,3-7,14,28H2,1-2H3,(H,31,35);3H,2H2,1H3;1H,(H,2,3)/b22-19+,29-11?;;.